The molecule has 1 N–H and O–H groups in total. The summed E-state index contributed by atoms with van der Waals surface area (Å²) in [6, 6.07) is 5.76. The van der Waals surface area contributed by atoms with Crippen molar-refractivity contribution in [2.24, 2.45) is 0 Å². The minimum Gasteiger partial charge on any atom is -0.308 e. The topological polar surface area (TPSA) is 15.3 Å². The molecule has 2 nitrogen and oxygen atoms in total. The molecular weight excluding hydrogens is 264 g/mol. The van der Waals surface area contributed by atoms with Gasteiger partial charge >= 0.3 is 0 Å². The van der Waals surface area contributed by atoms with Crippen molar-refractivity contribution < 1.29 is 0 Å². The summed E-state index contributed by atoms with van der Waals surface area (Å²) >= 11 is 1.91. The summed E-state index contributed by atoms with van der Waals surface area (Å²) < 4.78 is 0. The van der Waals surface area contributed by atoms with E-state index in [9.17, 15) is 0 Å². The molecule has 1 saturated carbocycles. The van der Waals surface area contributed by atoms with Crippen LogP contribution in [0.5, 0.6) is 0 Å². The largest absolute Gasteiger partial charge is 0.308 e. The lowest BCUT2D eigenvalue weighted by atomic mass is 9.79. The van der Waals surface area contributed by atoms with Crippen LogP contribution < -0.4 is 5.32 Å². The summed E-state index contributed by atoms with van der Waals surface area (Å²) in [5.41, 5.74) is 0.412. The van der Waals surface area contributed by atoms with E-state index >= 15 is 0 Å². The SMILES string of the molecule is CCC1CNC2(CCCCC2)CN1C(C)c1cccs1. The first-order chi connectivity index (χ1) is 9.74. The van der Waals surface area contributed by atoms with Crippen molar-refractivity contribution >= 4 is 11.3 Å². The Hall–Kier alpha value is -0.380. The Kier molecular flexibility index (Phi) is 4.49. The lowest BCUT2D eigenvalue weighted by Crippen LogP contribution is -2.64. The fourth-order valence-electron chi connectivity index (χ4n) is 4.07. The number of rotatable bonds is 3. The van der Waals surface area contributed by atoms with Crippen LogP contribution in [0.25, 0.3) is 0 Å². The molecule has 1 aliphatic heterocycles. The Morgan fingerprint density at radius 3 is 2.85 bits per heavy atom. The molecule has 1 aromatic heterocycles. The first-order valence-electron chi connectivity index (χ1n) is 8.28. The van der Waals surface area contributed by atoms with Crippen molar-refractivity contribution in [3.8, 4) is 0 Å². The average molecular weight is 292 g/mol. The molecule has 2 aliphatic rings. The molecule has 1 spiro atoms. The molecule has 0 aromatic carbocycles. The summed E-state index contributed by atoms with van der Waals surface area (Å²) in [7, 11) is 0. The van der Waals surface area contributed by atoms with E-state index in [-0.39, 0.29) is 0 Å². The van der Waals surface area contributed by atoms with E-state index in [4.69, 9.17) is 0 Å². The van der Waals surface area contributed by atoms with Crippen molar-refractivity contribution in [3.05, 3.63) is 22.4 Å². The van der Waals surface area contributed by atoms with Gasteiger partial charge in [0.2, 0.25) is 0 Å². The Balaban J connectivity index is 1.77. The van der Waals surface area contributed by atoms with Crippen LogP contribution in [0.1, 0.15) is 63.3 Å². The molecule has 2 heterocycles. The zero-order valence-corrected chi connectivity index (χ0v) is 13.7. The minimum atomic E-state index is 0.412. The molecule has 112 valence electrons. The molecular formula is C17H28N2S. The Morgan fingerprint density at radius 2 is 2.20 bits per heavy atom. The van der Waals surface area contributed by atoms with Crippen LogP contribution in [-0.2, 0) is 0 Å². The highest BCUT2D eigenvalue weighted by atomic mass is 32.1. The normalized spacial score (nSPS) is 28.6. The molecule has 3 rings (SSSR count). The standard InChI is InChI=1S/C17H28N2S/c1-3-15-12-18-17(9-5-4-6-10-17)13-19(15)14(2)16-8-7-11-20-16/h7-8,11,14-15,18H,3-6,9-10,12-13H2,1-2H3. The van der Waals surface area contributed by atoms with Crippen LogP contribution in [0.3, 0.4) is 0 Å². The lowest BCUT2D eigenvalue weighted by Gasteiger charge is -2.51. The predicted octanol–water partition coefficient (Wildman–Crippen LogP) is 4.20. The van der Waals surface area contributed by atoms with Gasteiger partial charge in [0.1, 0.15) is 0 Å². The second-order valence-electron chi connectivity index (χ2n) is 6.65. The predicted molar refractivity (Wildman–Crippen MR) is 87.3 cm³/mol. The highest BCUT2D eigenvalue weighted by Crippen LogP contribution is 2.36. The third-order valence-electron chi connectivity index (χ3n) is 5.40. The highest BCUT2D eigenvalue weighted by Gasteiger charge is 2.41. The molecule has 2 unspecified atom stereocenters. The molecule has 3 heteroatoms. The Bertz CT molecular complexity index is 409. The van der Waals surface area contributed by atoms with Crippen LogP contribution in [-0.4, -0.2) is 29.6 Å². The summed E-state index contributed by atoms with van der Waals surface area (Å²) in [5, 5.41) is 6.14. The number of thiophene rings is 1. The van der Waals surface area contributed by atoms with Crippen molar-refractivity contribution in [1.29, 1.82) is 0 Å². The number of piperazine rings is 1. The maximum atomic E-state index is 3.93. The maximum absolute atomic E-state index is 3.93. The third-order valence-corrected chi connectivity index (χ3v) is 6.44. The van der Waals surface area contributed by atoms with Crippen LogP contribution >= 0.6 is 11.3 Å². The highest BCUT2D eigenvalue weighted by molar-refractivity contribution is 7.10. The third kappa shape index (κ3) is 2.81. The van der Waals surface area contributed by atoms with Crippen molar-refractivity contribution in [2.75, 3.05) is 13.1 Å². The molecule has 1 aromatic rings. The number of nitrogens with one attached hydrogen (secondary N) is 1. The summed E-state index contributed by atoms with van der Waals surface area (Å²) in [5.74, 6) is 0. The van der Waals surface area contributed by atoms with Gasteiger partial charge in [-0.2, -0.15) is 0 Å². The average Bonchev–Trinajstić information content (AvgIpc) is 3.01. The maximum Gasteiger partial charge on any atom is 0.0417 e. The Morgan fingerprint density at radius 1 is 1.40 bits per heavy atom. The smallest absolute Gasteiger partial charge is 0.0417 e. The fourth-order valence-corrected chi connectivity index (χ4v) is 4.88. The zero-order chi connectivity index (χ0) is 14.0. The van der Waals surface area contributed by atoms with Crippen LogP contribution in [0.4, 0.5) is 0 Å². The summed E-state index contributed by atoms with van der Waals surface area (Å²) in [6.45, 7) is 7.15. The van der Waals surface area contributed by atoms with E-state index in [0.717, 1.165) is 0 Å². The first-order valence-corrected chi connectivity index (χ1v) is 9.16. The zero-order valence-electron chi connectivity index (χ0n) is 12.9. The second kappa shape index (κ2) is 6.17. The molecule has 0 amide bonds. The molecule has 2 fully saturated rings. The van der Waals surface area contributed by atoms with Gasteiger partial charge in [0.25, 0.3) is 0 Å². The fraction of sp³-hybridized carbons (Fsp3) is 0.765. The molecule has 1 saturated heterocycles. The van der Waals surface area contributed by atoms with Gasteiger partial charge in [0, 0.05) is 35.6 Å². The van der Waals surface area contributed by atoms with E-state index in [1.807, 2.05) is 11.3 Å². The van der Waals surface area contributed by atoms with Gasteiger partial charge in [-0.1, -0.05) is 32.3 Å². The van der Waals surface area contributed by atoms with E-state index in [1.165, 1.54) is 56.5 Å². The molecule has 0 radical (unpaired) electrons. The monoisotopic (exact) mass is 292 g/mol. The second-order valence-corrected chi connectivity index (χ2v) is 7.63. The van der Waals surface area contributed by atoms with Crippen LogP contribution in [0, 0.1) is 0 Å². The molecule has 20 heavy (non-hydrogen) atoms. The van der Waals surface area contributed by atoms with Crippen LogP contribution in [0.15, 0.2) is 17.5 Å². The van der Waals surface area contributed by atoms with Crippen LogP contribution in [0.2, 0.25) is 0 Å². The van der Waals surface area contributed by atoms with Gasteiger partial charge in [-0.05, 0) is 37.6 Å². The number of hydrogen-bond acceptors (Lipinski definition) is 3. The van der Waals surface area contributed by atoms with E-state index in [1.54, 1.807) is 0 Å². The minimum absolute atomic E-state index is 0.412. The van der Waals surface area contributed by atoms with E-state index < -0.39 is 0 Å². The van der Waals surface area contributed by atoms with E-state index in [2.05, 4.69) is 41.6 Å². The van der Waals surface area contributed by atoms with Gasteiger partial charge in [-0.3, -0.25) is 4.90 Å². The molecule has 1 aliphatic carbocycles. The van der Waals surface area contributed by atoms with Gasteiger partial charge in [-0.15, -0.1) is 11.3 Å². The van der Waals surface area contributed by atoms with Gasteiger partial charge < -0.3 is 5.32 Å². The number of hydrogen-bond donors (Lipinski definition) is 1. The van der Waals surface area contributed by atoms with Gasteiger partial charge in [0.15, 0.2) is 0 Å². The number of nitrogens with zero attached hydrogens (tertiary/aromatic N) is 1. The Labute approximate surface area is 127 Å². The van der Waals surface area contributed by atoms with Crippen molar-refractivity contribution in [2.45, 2.75) is 70.0 Å². The summed E-state index contributed by atoms with van der Waals surface area (Å²) in [6.07, 6.45) is 8.24. The van der Waals surface area contributed by atoms with Gasteiger partial charge in [-0.25, -0.2) is 0 Å². The quantitative estimate of drug-likeness (QED) is 0.898. The lowest BCUT2D eigenvalue weighted by molar-refractivity contribution is 0.0279. The molecule has 0 bridgehead atoms. The summed E-state index contributed by atoms with van der Waals surface area (Å²) in [4.78, 5) is 4.31. The van der Waals surface area contributed by atoms with E-state index in [0.29, 0.717) is 17.6 Å². The van der Waals surface area contributed by atoms with Gasteiger partial charge in [0.05, 0.1) is 0 Å². The molecule has 2 atom stereocenters. The first kappa shape index (κ1) is 14.6. The van der Waals surface area contributed by atoms with Crippen molar-refractivity contribution in [3.63, 3.8) is 0 Å². The van der Waals surface area contributed by atoms with Crippen molar-refractivity contribution in [1.82, 2.24) is 10.2 Å².